The fraction of sp³-hybridized carbons (Fsp3) is 0.667. The summed E-state index contributed by atoms with van der Waals surface area (Å²) in [4.78, 5) is 4.27. The van der Waals surface area contributed by atoms with E-state index < -0.39 is 0 Å². The molecule has 0 fully saturated rings. The van der Waals surface area contributed by atoms with Crippen LogP contribution in [-0.4, -0.2) is 22.2 Å². The molecule has 14 heavy (non-hydrogen) atoms. The minimum absolute atomic E-state index is 0.0634. The van der Waals surface area contributed by atoms with E-state index in [-0.39, 0.29) is 12.1 Å². The topological polar surface area (TPSA) is 45.1 Å². The number of aromatic nitrogens is 1. The highest BCUT2D eigenvalue weighted by molar-refractivity contribution is 9.10. The molecule has 1 aromatic rings. The maximum absolute atomic E-state index is 8.95. The van der Waals surface area contributed by atoms with Gasteiger partial charge in [0.1, 0.15) is 4.60 Å². The molecule has 1 aromatic heterocycles. The SMILES string of the molecule is CCC(C)(CCO)Nc1nc(Br)cs1. The van der Waals surface area contributed by atoms with Crippen molar-refractivity contribution in [3.63, 3.8) is 0 Å². The molecule has 5 heteroatoms. The van der Waals surface area contributed by atoms with Crippen LogP contribution >= 0.6 is 27.3 Å². The van der Waals surface area contributed by atoms with Crippen molar-refractivity contribution in [3.8, 4) is 0 Å². The Morgan fingerprint density at radius 2 is 2.43 bits per heavy atom. The van der Waals surface area contributed by atoms with Crippen LogP contribution in [0.5, 0.6) is 0 Å². The average molecular weight is 279 g/mol. The lowest BCUT2D eigenvalue weighted by molar-refractivity contribution is 0.252. The van der Waals surface area contributed by atoms with Crippen LogP contribution in [0.1, 0.15) is 26.7 Å². The summed E-state index contributed by atoms with van der Waals surface area (Å²) in [5, 5.41) is 15.1. The van der Waals surface area contributed by atoms with Crippen LogP contribution in [0.4, 0.5) is 5.13 Å². The second kappa shape index (κ2) is 5.09. The van der Waals surface area contributed by atoms with Crippen LogP contribution in [0, 0.1) is 0 Å². The molecule has 1 heterocycles. The summed E-state index contributed by atoms with van der Waals surface area (Å²) in [6, 6.07) is 0. The number of hydrogen-bond acceptors (Lipinski definition) is 4. The number of rotatable bonds is 5. The van der Waals surface area contributed by atoms with Crippen LogP contribution in [0.25, 0.3) is 0 Å². The first-order valence-electron chi connectivity index (χ1n) is 4.60. The lowest BCUT2D eigenvalue weighted by Gasteiger charge is -2.28. The summed E-state index contributed by atoms with van der Waals surface area (Å²) < 4.78 is 0.854. The molecule has 80 valence electrons. The van der Waals surface area contributed by atoms with Crippen LogP contribution in [0.3, 0.4) is 0 Å². The van der Waals surface area contributed by atoms with E-state index in [0.29, 0.717) is 0 Å². The van der Waals surface area contributed by atoms with Gasteiger partial charge in [0.2, 0.25) is 0 Å². The highest BCUT2D eigenvalue weighted by Crippen LogP contribution is 2.26. The molecule has 1 rings (SSSR count). The largest absolute Gasteiger partial charge is 0.396 e. The van der Waals surface area contributed by atoms with Gasteiger partial charge in [-0.2, -0.15) is 0 Å². The predicted molar refractivity (Wildman–Crippen MR) is 63.8 cm³/mol. The maximum Gasteiger partial charge on any atom is 0.184 e. The molecular weight excluding hydrogens is 264 g/mol. The predicted octanol–water partition coefficient (Wildman–Crippen LogP) is 2.87. The minimum atomic E-state index is -0.0634. The first-order chi connectivity index (χ1) is 6.59. The number of aliphatic hydroxyl groups is 1. The van der Waals surface area contributed by atoms with E-state index in [1.165, 1.54) is 0 Å². The zero-order chi connectivity index (χ0) is 10.6. The summed E-state index contributed by atoms with van der Waals surface area (Å²) in [6.45, 7) is 4.40. The second-order valence-corrected chi connectivity index (χ2v) is 5.16. The summed E-state index contributed by atoms with van der Waals surface area (Å²) in [6.07, 6.45) is 1.70. The second-order valence-electron chi connectivity index (χ2n) is 3.49. The van der Waals surface area contributed by atoms with Crippen molar-refractivity contribution >= 4 is 32.4 Å². The Balaban J connectivity index is 2.64. The quantitative estimate of drug-likeness (QED) is 0.871. The third-order valence-corrected chi connectivity index (χ3v) is 3.80. The molecule has 2 N–H and O–H groups in total. The van der Waals surface area contributed by atoms with Gasteiger partial charge in [-0.3, -0.25) is 0 Å². The Kier molecular flexibility index (Phi) is 4.34. The number of aliphatic hydroxyl groups excluding tert-OH is 1. The Morgan fingerprint density at radius 1 is 1.71 bits per heavy atom. The Hall–Kier alpha value is -0.130. The average Bonchev–Trinajstić information content (AvgIpc) is 2.51. The van der Waals surface area contributed by atoms with Gasteiger partial charge in [0.05, 0.1) is 0 Å². The number of nitrogens with zero attached hydrogens (tertiary/aromatic N) is 1. The van der Waals surface area contributed by atoms with Gasteiger partial charge in [0, 0.05) is 17.5 Å². The zero-order valence-corrected chi connectivity index (χ0v) is 10.8. The molecule has 0 aromatic carbocycles. The molecular formula is C9H15BrN2OS. The van der Waals surface area contributed by atoms with E-state index in [4.69, 9.17) is 5.11 Å². The van der Waals surface area contributed by atoms with Gasteiger partial charge in [-0.05, 0) is 35.7 Å². The van der Waals surface area contributed by atoms with E-state index in [1.54, 1.807) is 11.3 Å². The number of anilines is 1. The molecule has 0 aliphatic rings. The third kappa shape index (κ3) is 3.22. The molecule has 0 radical (unpaired) electrons. The fourth-order valence-electron chi connectivity index (χ4n) is 1.14. The molecule has 3 nitrogen and oxygen atoms in total. The van der Waals surface area contributed by atoms with Gasteiger partial charge in [0.25, 0.3) is 0 Å². The van der Waals surface area contributed by atoms with Crippen molar-refractivity contribution in [2.75, 3.05) is 11.9 Å². The van der Waals surface area contributed by atoms with Crippen molar-refractivity contribution in [1.82, 2.24) is 4.98 Å². The molecule has 0 amide bonds. The molecule has 0 bridgehead atoms. The lowest BCUT2D eigenvalue weighted by atomic mass is 9.95. The van der Waals surface area contributed by atoms with Gasteiger partial charge in [-0.15, -0.1) is 11.3 Å². The summed E-state index contributed by atoms with van der Waals surface area (Å²) >= 11 is 4.88. The zero-order valence-electron chi connectivity index (χ0n) is 8.38. The van der Waals surface area contributed by atoms with E-state index >= 15 is 0 Å². The van der Waals surface area contributed by atoms with Crippen LogP contribution in [0.15, 0.2) is 9.98 Å². The highest BCUT2D eigenvalue weighted by Gasteiger charge is 2.21. The monoisotopic (exact) mass is 278 g/mol. The van der Waals surface area contributed by atoms with Crippen LogP contribution in [-0.2, 0) is 0 Å². The summed E-state index contributed by atoms with van der Waals surface area (Å²) in [5.41, 5.74) is -0.0634. The third-order valence-electron chi connectivity index (χ3n) is 2.33. The normalized spacial score (nSPS) is 15.1. The first-order valence-corrected chi connectivity index (χ1v) is 6.27. The maximum atomic E-state index is 8.95. The van der Waals surface area contributed by atoms with Gasteiger partial charge >= 0.3 is 0 Å². The molecule has 0 saturated carbocycles. The van der Waals surface area contributed by atoms with Gasteiger partial charge in [-0.25, -0.2) is 4.98 Å². The Labute approximate surface area is 96.7 Å². The van der Waals surface area contributed by atoms with Crippen molar-refractivity contribution in [3.05, 3.63) is 9.98 Å². The lowest BCUT2D eigenvalue weighted by Crippen LogP contribution is -2.34. The van der Waals surface area contributed by atoms with Crippen molar-refractivity contribution in [2.45, 2.75) is 32.2 Å². The standard InChI is InChI=1S/C9H15BrN2OS/c1-3-9(2,4-5-13)12-8-11-7(10)6-14-8/h6,13H,3-5H2,1-2H3,(H,11,12). The van der Waals surface area contributed by atoms with Crippen molar-refractivity contribution in [2.24, 2.45) is 0 Å². The molecule has 0 spiro atoms. The van der Waals surface area contributed by atoms with Crippen LogP contribution in [0.2, 0.25) is 0 Å². The molecule has 0 aliphatic carbocycles. The fourth-order valence-corrected chi connectivity index (χ4v) is 2.44. The molecule has 0 saturated heterocycles. The summed E-state index contributed by atoms with van der Waals surface area (Å²) in [5.74, 6) is 0. The smallest absolute Gasteiger partial charge is 0.184 e. The van der Waals surface area contributed by atoms with E-state index in [2.05, 4.69) is 40.1 Å². The van der Waals surface area contributed by atoms with Gasteiger partial charge in [-0.1, -0.05) is 6.92 Å². The van der Waals surface area contributed by atoms with E-state index in [0.717, 1.165) is 22.6 Å². The van der Waals surface area contributed by atoms with E-state index in [1.807, 2.05) is 5.38 Å². The summed E-state index contributed by atoms with van der Waals surface area (Å²) in [7, 11) is 0. The Morgan fingerprint density at radius 3 is 2.86 bits per heavy atom. The van der Waals surface area contributed by atoms with Crippen molar-refractivity contribution in [1.29, 1.82) is 0 Å². The molecule has 1 unspecified atom stereocenters. The Bertz CT molecular complexity index is 292. The van der Waals surface area contributed by atoms with E-state index in [9.17, 15) is 0 Å². The number of halogens is 1. The first kappa shape index (κ1) is 11.9. The number of thiazole rings is 1. The molecule has 0 aliphatic heterocycles. The van der Waals surface area contributed by atoms with Crippen LogP contribution < -0.4 is 5.32 Å². The van der Waals surface area contributed by atoms with Crippen molar-refractivity contribution < 1.29 is 5.11 Å². The molecule has 1 atom stereocenters. The number of nitrogens with one attached hydrogen (secondary N) is 1. The van der Waals surface area contributed by atoms with Gasteiger partial charge < -0.3 is 10.4 Å². The highest BCUT2D eigenvalue weighted by atomic mass is 79.9. The van der Waals surface area contributed by atoms with Gasteiger partial charge in [0.15, 0.2) is 5.13 Å². The number of hydrogen-bond donors (Lipinski definition) is 2. The minimum Gasteiger partial charge on any atom is -0.396 e.